The van der Waals surface area contributed by atoms with Crippen molar-refractivity contribution in [2.75, 3.05) is 0 Å². The number of benzene rings is 1. The molecule has 0 spiro atoms. The Morgan fingerprint density at radius 3 is 2.67 bits per heavy atom. The zero-order valence-corrected chi connectivity index (χ0v) is 11.8. The Morgan fingerprint density at radius 1 is 1.44 bits per heavy atom. The van der Waals surface area contributed by atoms with Crippen LogP contribution in [0.2, 0.25) is 5.02 Å². The summed E-state index contributed by atoms with van der Waals surface area (Å²) in [6.45, 7) is 4.73. The normalized spacial score (nSPS) is 10.6. The van der Waals surface area contributed by atoms with E-state index in [9.17, 15) is 0 Å². The SMILES string of the molecule is Cc1ncn(Cc2ccc(C(N)=S)cc2Cl)c1C. The highest BCUT2D eigenvalue weighted by atomic mass is 35.5. The van der Waals surface area contributed by atoms with Crippen molar-refractivity contribution >= 4 is 28.8 Å². The van der Waals surface area contributed by atoms with Crippen LogP contribution in [0.3, 0.4) is 0 Å². The standard InChI is InChI=1S/C13H14ClN3S/c1-8-9(2)17(7-16-8)6-11-4-3-10(13(15)18)5-12(11)14/h3-5,7H,6H2,1-2H3,(H2,15,18). The Balaban J connectivity index is 2.30. The van der Waals surface area contributed by atoms with Gasteiger partial charge in [0.2, 0.25) is 0 Å². The minimum Gasteiger partial charge on any atom is -0.389 e. The largest absolute Gasteiger partial charge is 0.389 e. The van der Waals surface area contributed by atoms with Gasteiger partial charge in [-0.1, -0.05) is 36.0 Å². The van der Waals surface area contributed by atoms with Gasteiger partial charge < -0.3 is 10.3 Å². The van der Waals surface area contributed by atoms with E-state index in [2.05, 4.69) is 9.55 Å². The lowest BCUT2D eigenvalue weighted by molar-refractivity contribution is 0.769. The number of nitrogens with zero attached hydrogens (tertiary/aromatic N) is 2. The van der Waals surface area contributed by atoms with Crippen LogP contribution < -0.4 is 5.73 Å². The van der Waals surface area contributed by atoms with E-state index in [1.54, 1.807) is 6.07 Å². The second-order valence-electron chi connectivity index (χ2n) is 4.21. The molecular weight excluding hydrogens is 266 g/mol. The van der Waals surface area contributed by atoms with Gasteiger partial charge in [0.15, 0.2) is 0 Å². The highest BCUT2D eigenvalue weighted by Gasteiger charge is 2.07. The van der Waals surface area contributed by atoms with Gasteiger partial charge in [-0.2, -0.15) is 0 Å². The maximum atomic E-state index is 6.23. The molecule has 0 atom stereocenters. The third kappa shape index (κ3) is 2.54. The van der Waals surface area contributed by atoms with E-state index >= 15 is 0 Å². The Labute approximate surface area is 117 Å². The van der Waals surface area contributed by atoms with E-state index in [1.165, 1.54) is 0 Å². The molecule has 1 heterocycles. The van der Waals surface area contributed by atoms with Crippen LogP contribution in [-0.2, 0) is 6.54 Å². The van der Waals surface area contributed by atoms with Crippen molar-refractivity contribution in [3.05, 3.63) is 52.1 Å². The van der Waals surface area contributed by atoms with Crippen molar-refractivity contribution in [3.63, 3.8) is 0 Å². The first kappa shape index (κ1) is 13.1. The Morgan fingerprint density at radius 2 is 2.17 bits per heavy atom. The smallest absolute Gasteiger partial charge is 0.104 e. The molecule has 0 radical (unpaired) electrons. The quantitative estimate of drug-likeness (QED) is 0.879. The summed E-state index contributed by atoms with van der Waals surface area (Å²) in [6.07, 6.45) is 1.82. The van der Waals surface area contributed by atoms with Gasteiger partial charge in [0.25, 0.3) is 0 Å². The highest BCUT2D eigenvalue weighted by molar-refractivity contribution is 7.80. The molecule has 0 unspecified atom stereocenters. The Hall–Kier alpha value is -1.39. The predicted octanol–water partition coefficient (Wildman–Crippen LogP) is 2.84. The molecule has 0 aliphatic carbocycles. The second-order valence-corrected chi connectivity index (χ2v) is 5.06. The van der Waals surface area contributed by atoms with Crippen molar-refractivity contribution in [3.8, 4) is 0 Å². The summed E-state index contributed by atoms with van der Waals surface area (Å²) in [5.41, 5.74) is 9.56. The molecule has 3 nitrogen and oxygen atoms in total. The molecule has 0 aliphatic heterocycles. The van der Waals surface area contributed by atoms with Crippen LogP contribution >= 0.6 is 23.8 Å². The molecule has 5 heteroatoms. The molecule has 0 fully saturated rings. The van der Waals surface area contributed by atoms with Crippen molar-refractivity contribution in [2.45, 2.75) is 20.4 Å². The number of imidazole rings is 1. The molecule has 0 amide bonds. The fourth-order valence-electron chi connectivity index (χ4n) is 1.72. The van der Waals surface area contributed by atoms with Crippen LogP contribution in [0.1, 0.15) is 22.5 Å². The highest BCUT2D eigenvalue weighted by Crippen LogP contribution is 2.20. The van der Waals surface area contributed by atoms with Gasteiger partial charge in [0.05, 0.1) is 18.6 Å². The minimum absolute atomic E-state index is 0.359. The maximum Gasteiger partial charge on any atom is 0.104 e. The van der Waals surface area contributed by atoms with Crippen molar-refractivity contribution < 1.29 is 0 Å². The van der Waals surface area contributed by atoms with Gasteiger partial charge >= 0.3 is 0 Å². The molecule has 2 aromatic rings. The van der Waals surface area contributed by atoms with Crippen LogP contribution in [-0.4, -0.2) is 14.5 Å². The van der Waals surface area contributed by atoms with E-state index in [4.69, 9.17) is 29.6 Å². The molecule has 0 saturated heterocycles. The molecule has 0 aliphatic rings. The zero-order chi connectivity index (χ0) is 13.3. The third-order valence-corrected chi connectivity index (χ3v) is 3.61. The summed E-state index contributed by atoms with van der Waals surface area (Å²) in [5.74, 6) is 0. The Bertz CT molecular complexity index is 604. The van der Waals surface area contributed by atoms with Crippen molar-refractivity contribution in [1.82, 2.24) is 9.55 Å². The van der Waals surface area contributed by atoms with Crippen LogP contribution in [0.5, 0.6) is 0 Å². The predicted molar refractivity (Wildman–Crippen MR) is 78.1 cm³/mol. The zero-order valence-electron chi connectivity index (χ0n) is 10.3. The van der Waals surface area contributed by atoms with Gasteiger partial charge in [0.1, 0.15) is 4.99 Å². The van der Waals surface area contributed by atoms with Gasteiger partial charge in [-0.15, -0.1) is 0 Å². The molecule has 0 saturated carbocycles. The lowest BCUT2D eigenvalue weighted by atomic mass is 10.1. The van der Waals surface area contributed by atoms with E-state index in [1.807, 2.05) is 32.3 Å². The molecular formula is C13H14ClN3S. The summed E-state index contributed by atoms with van der Waals surface area (Å²) in [5, 5.41) is 0.672. The molecule has 18 heavy (non-hydrogen) atoms. The number of thiocarbonyl (C=S) groups is 1. The summed E-state index contributed by atoms with van der Waals surface area (Å²) in [6, 6.07) is 5.65. The number of hydrogen-bond donors (Lipinski definition) is 1. The molecule has 1 aromatic carbocycles. The number of aryl methyl sites for hydroxylation is 1. The lowest BCUT2D eigenvalue weighted by Gasteiger charge is -2.09. The first-order chi connectivity index (χ1) is 8.49. The molecule has 2 N–H and O–H groups in total. The summed E-state index contributed by atoms with van der Waals surface area (Å²) < 4.78 is 2.07. The number of halogens is 1. The van der Waals surface area contributed by atoms with Crippen LogP contribution in [0.15, 0.2) is 24.5 Å². The van der Waals surface area contributed by atoms with E-state index in [0.29, 0.717) is 16.6 Å². The van der Waals surface area contributed by atoms with Gasteiger partial charge in [-0.25, -0.2) is 4.98 Å². The van der Waals surface area contributed by atoms with Crippen molar-refractivity contribution in [1.29, 1.82) is 0 Å². The second kappa shape index (κ2) is 5.08. The summed E-state index contributed by atoms with van der Waals surface area (Å²) in [7, 11) is 0. The first-order valence-corrected chi connectivity index (χ1v) is 6.34. The van der Waals surface area contributed by atoms with Gasteiger partial charge in [-0.05, 0) is 25.5 Å². The van der Waals surface area contributed by atoms with Gasteiger partial charge in [0, 0.05) is 16.3 Å². The molecule has 94 valence electrons. The Kier molecular flexibility index (Phi) is 3.68. The minimum atomic E-state index is 0.359. The third-order valence-electron chi connectivity index (χ3n) is 3.02. The number of rotatable bonds is 3. The average Bonchev–Trinajstić information content (AvgIpc) is 2.63. The van der Waals surface area contributed by atoms with Crippen LogP contribution in [0, 0.1) is 13.8 Å². The lowest BCUT2D eigenvalue weighted by Crippen LogP contribution is -2.10. The molecule has 2 rings (SSSR count). The van der Waals surface area contributed by atoms with Crippen molar-refractivity contribution in [2.24, 2.45) is 5.73 Å². The van der Waals surface area contributed by atoms with Crippen LogP contribution in [0.25, 0.3) is 0 Å². The summed E-state index contributed by atoms with van der Waals surface area (Å²) >= 11 is 11.2. The summed E-state index contributed by atoms with van der Waals surface area (Å²) in [4.78, 5) is 4.63. The number of nitrogens with two attached hydrogens (primary N) is 1. The van der Waals surface area contributed by atoms with E-state index < -0.39 is 0 Å². The number of hydrogen-bond acceptors (Lipinski definition) is 2. The van der Waals surface area contributed by atoms with E-state index in [0.717, 1.165) is 22.5 Å². The maximum absolute atomic E-state index is 6.23. The first-order valence-electron chi connectivity index (χ1n) is 5.55. The fourth-order valence-corrected chi connectivity index (χ4v) is 2.08. The van der Waals surface area contributed by atoms with E-state index in [-0.39, 0.29) is 0 Å². The molecule has 0 bridgehead atoms. The fraction of sp³-hybridized carbons (Fsp3) is 0.231. The average molecular weight is 280 g/mol. The number of aromatic nitrogens is 2. The topological polar surface area (TPSA) is 43.8 Å². The van der Waals surface area contributed by atoms with Crippen LogP contribution in [0.4, 0.5) is 0 Å². The molecule has 1 aromatic heterocycles. The van der Waals surface area contributed by atoms with Gasteiger partial charge in [-0.3, -0.25) is 0 Å². The monoisotopic (exact) mass is 279 g/mol.